The fourth-order valence-electron chi connectivity index (χ4n) is 3.52. The predicted octanol–water partition coefficient (Wildman–Crippen LogP) is 3.94. The Labute approximate surface area is 161 Å². The molecule has 1 aliphatic rings. The van der Waals surface area contributed by atoms with Gasteiger partial charge in [-0.1, -0.05) is 26.0 Å². The minimum atomic E-state index is -1.37. The van der Waals surface area contributed by atoms with Gasteiger partial charge in [-0.05, 0) is 36.8 Å². The molecule has 2 N–H and O–H groups in total. The predicted molar refractivity (Wildman–Crippen MR) is 101 cm³/mol. The Balaban J connectivity index is 1.80. The number of aliphatic carboxylic acids is 1. The van der Waals surface area contributed by atoms with Gasteiger partial charge in [-0.2, -0.15) is 0 Å². The zero-order valence-electron chi connectivity index (χ0n) is 15.4. The third kappa shape index (κ3) is 3.26. The molecule has 27 heavy (non-hydrogen) atoms. The molecule has 0 radical (unpaired) electrons. The van der Waals surface area contributed by atoms with Crippen molar-refractivity contribution in [2.45, 2.75) is 38.8 Å². The molecule has 144 valence electrons. The molecule has 0 saturated heterocycles. The van der Waals surface area contributed by atoms with Gasteiger partial charge < -0.3 is 15.2 Å². The molecular formula is C20H22FNO4S. The standard InChI is InChI=1S/C20H22FNO4S/c1-4-26-16-11-20(18(24)25,19(16,2)3)22-17(23)15-10-9-14(27-15)12-5-7-13(21)8-6-12/h5-10,16H,4,11H2,1-3H3,(H,22,23)(H,24,25). The summed E-state index contributed by atoms with van der Waals surface area (Å²) in [6.45, 7) is 5.94. The zero-order chi connectivity index (χ0) is 19.8. The molecule has 2 atom stereocenters. The van der Waals surface area contributed by atoms with E-state index < -0.39 is 22.8 Å². The van der Waals surface area contributed by atoms with E-state index in [-0.39, 0.29) is 18.3 Å². The van der Waals surface area contributed by atoms with Crippen molar-refractivity contribution in [2.24, 2.45) is 5.41 Å². The second-order valence-corrected chi connectivity index (χ2v) is 8.29. The molecule has 5 nitrogen and oxygen atoms in total. The van der Waals surface area contributed by atoms with Gasteiger partial charge in [-0.15, -0.1) is 11.3 Å². The van der Waals surface area contributed by atoms with E-state index in [1.54, 1.807) is 38.1 Å². The summed E-state index contributed by atoms with van der Waals surface area (Å²) in [5, 5.41) is 12.5. The molecule has 1 aliphatic carbocycles. The van der Waals surface area contributed by atoms with Crippen LogP contribution in [0.3, 0.4) is 0 Å². The highest BCUT2D eigenvalue weighted by molar-refractivity contribution is 7.17. The maximum atomic E-state index is 13.1. The molecule has 0 aliphatic heterocycles. The second kappa shape index (κ2) is 7.05. The lowest BCUT2D eigenvalue weighted by molar-refractivity contribution is -0.190. The van der Waals surface area contributed by atoms with Crippen molar-refractivity contribution in [1.29, 1.82) is 0 Å². The molecule has 1 heterocycles. The van der Waals surface area contributed by atoms with E-state index >= 15 is 0 Å². The van der Waals surface area contributed by atoms with Crippen LogP contribution in [0.4, 0.5) is 4.39 Å². The van der Waals surface area contributed by atoms with Crippen LogP contribution in [0, 0.1) is 11.2 Å². The molecule has 2 aromatic rings. The number of hydrogen-bond donors (Lipinski definition) is 2. The van der Waals surface area contributed by atoms with Gasteiger partial charge in [0.05, 0.1) is 11.0 Å². The first-order valence-electron chi connectivity index (χ1n) is 8.74. The Bertz CT molecular complexity index is 861. The first kappa shape index (κ1) is 19.5. The van der Waals surface area contributed by atoms with Gasteiger partial charge in [-0.3, -0.25) is 4.79 Å². The van der Waals surface area contributed by atoms with E-state index in [1.165, 1.54) is 23.5 Å². The number of benzene rings is 1. The maximum absolute atomic E-state index is 13.1. The van der Waals surface area contributed by atoms with Crippen LogP contribution < -0.4 is 5.32 Å². The lowest BCUT2D eigenvalue weighted by atomic mass is 9.54. The van der Waals surface area contributed by atoms with E-state index in [2.05, 4.69) is 5.32 Å². The highest BCUT2D eigenvalue weighted by Crippen LogP contribution is 2.51. The van der Waals surface area contributed by atoms with Crippen LogP contribution in [0.15, 0.2) is 36.4 Å². The Hall–Kier alpha value is -2.25. The Morgan fingerprint density at radius 2 is 1.93 bits per heavy atom. The van der Waals surface area contributed by atoms with Gasteiger partial charge >= 0.3 is 5.97 Å². The summed E-state index contributed by atoms with van der Waals surface area (Å²) >= 11 is 1.24. The lowest BCUT2D eigenvalue weighted by Gasteiger charge is -2.58. The highest BCUT2D eigenvalue weighted by atomic mass is 32.1. The Morgan fingerprint density at radius 3 is 2.48 bits per heavy atom. The first-order valence-corrected chi connectivity index (χ1v) is 9.56. The van der Waals surface area contributed by atoms with E-state index in [9.17, 15) is 19.1 Å². The normalized spacial score (nSPS) is 23.5. The minimum absolute atomic E-state index is 0.225. The van der Waals surface area contributed by atoms with Gasteiger partial charge in [0.15, 0.2) is 0 Å². The first-order chi connectivity index (χ1) is 12.7. The summed E-state index contributed by atoms with van der Waals surface area (Å²) in [7, 11) is 0. The third-order valence-electron chi connectivity index (χ3n) is 5.41. The number of hydrogen-bond acceptors (Lipinski definition) is 4. The number of amides is 1. The van der Waals surface area contributed by atoms with Crippen molar-refractivity contribution in [2.75, 3.05) is 6.61 Å². The average molecular weight is 391 g/mol. The molecule has 3 rings (SSSR count). The van der Waals surface area contributed by atoms with Crippen LogP contribution in [0.1, 0.15) is 36.9 Å². The monoisotopic (exact) mass is 391 g/mol. The SMILES string of the molecule is CCOC1CC(NC(=O)c2ccc(-c3ccc(F)cc3)s2)(C(=O)O)C1(C)C. The Morgan fingerprint density at radius 1 is 1.26 bits per heavy atom. The molecule has 1 aromatic carbocycles. The van der Waals surface area contributed by atoms with Crippen molar-refractivity contribution in [3.8, 4) is 10.4 Å². The van der Waals surface area contributed by atoms with Crippen molar-refractivity contribution in [3.63, 3.8) is 0 Å². The third-order valence-corrected chi connectivity index (χ3v) is 6.55. The quantitative estimate of drug-likeness (QED) is 0.782. The van der Waals surface area contributed by atoms with Crippen LogP contribution in [0.25, 0.3) is 10.4 Å². The largest absolute Gasteiger partial charge is 0.479 e. The van der Waals surface area contributed by atoms with E-state index in [0.717, 1.165) is 10.4 Å². The number of rotatable bonds is 6. The Kier molecular flexibility index (Phi) is 5.10. The summed E-state index contributed by atoms with van der Waals surface area (Å²) in [4.78, 5) is 26.0. The topological polar surface area (TPSA) is 75.6 Å². The van der Waals surface area contributed by atoms with Crippen LogP contribution in [-0.4, -0.2) is 35.2 Å². The number of carbonyl (C=O) groups is 2. The van der Waals surface area contributed by atoms with Crippen LogP contribution in [0.5, 0.6) is 0 Å². The number of thiophene rings is 1. The summed E-state index contributed by atoms with van der Waals surface area (Å²) < 4.78 is 18.7. The average Bonchev–Trinajstić information content (AvgIpc) is 3.11. The molecule has 1 aromatic heterocycles. The number of carbonyl (C=O) groups excluding carboxylic acids is 1. The van der Waals surface area contributed by atoms with Gasteiger partial charge in [0, 0.05) is 23.3 Å². The fraction of sp³-hybridized carbons (Fsp3) is 0.400. The molecule has 7 heteroatoms. The van der Waals surface area contributed by atoms with Gasteiger partial charge in [0.2, 0.25) is 0 Å². The number of ether oxygens (including phenoxy) is 1. The van der Waals surface area contributed by atoms with Crippen molar-refractivity contribution in [1.82, 2.24) is 5.32 Å². The summed E-state index contributed by atoms with van der Waals surface area (Å²) in [5.74, 6) is -1.82. The zero-order valence-corrected chi connectivity index (χ0v) is 16.2. The number of carboxylic acid groups (broad SMARTS) is 1. The van der Waals surface area contributed by atoms with Crippen LogP contribution in [0.2, 0.25) is 0 Å². The number of carboxylic acids is 1. The van der Waals surface area contributed by atoms with Gasteiger partial charge in [0.25, 0.3) is 5.91 Å². The van der Waals surface area contributed by atoms with Gasteiger partial charge in [0.1, 0.15) is 11.4 Å². The van der Waals surface area contributed by atoms with E-state index in [1.807, 2.05) is 6.92 Å². The number of halogens is 1. The fourth-order valence-corrected chi connectivity index (χ4v) is 4.43. The molecule has 1 amide bonds. The lowest BCUT2D eigenvalue weighted by Crippen LogP contribution is -2.76. The summed E-state index contributed by atoms with van der Waals surface area (Å²) in [6.07, 6.45) is 0.00230. The van der Waals surface area contributed by atoms with Crippen molar-refractivity contribution < 1.29 is 23.8 Å². The molecule has 1 fully saturated rings. The van der Waals surface area contributed by atoms with Crippen LogP contribution in [-0.2, 0) is 9.53 Å². The molecule has 0 bridgehead atoms. The second-order valence-electron chi connectivity index (χ2n) is 7.21. The highest BCUT2D eigenvalue weighted by Gasteiger charge is 2.66. The maximum Gasteiger partial charge on any atom is 0.330 e. The smallest absolute Gasteiger partial charge is 0.330 e. The molecule has 1 saturated carbocycles. The van der Waals surface area contributed by atoms with Crippen molar-refractivity contribution >= 4 is 23.2 Å². The van der Waals surface area contributed by atoms with Crippen molar-refractivity contribution in [3.05, 3.63) is 47.1 Å². The summed E-state index contributed by atoms with van der Waals surface area (Å²) in [5.41, 5.74) is -1.31. The molecule has 2 unspecified atom stereocenters. The van der Waals surface area contributed by atoms with E-state index in [4.69, 9.17) is 4.74 Å². The van der Waals surface area contributed by atoms with Gasteiger partial charge in [-0.25, -0.2) is 9.18 Å². The number of nitrogens with one attached hydrogen (secondary N) is 1. The minimum Gasteiger partial charge on any atom is -0.479 e. The summed E-state index contributed by atoms with van der Waals surface area (Å²) in [6, 6.07) is 9.43. The van der Waals surface area contributed by atoms with E-state index in [0.29, 0.717) is 11.5 Å². The molecular weight excluding hydrogens is 369 g/mol. The molecule has 0 spiro atoms. The van der Waals surface area contributed by atoms with Crippen LogP contribution >= 0.6 is 11.3 Å².